The normalized spacial score (nSPS) is 22.8. The number of hydrogen-bond donors (Lipinski definition) is 2. The van der Waals surface area contributed by atoms with Crippen LogP contribution in [-0.4, -0.2) is 53.3 Å². The van der Waals surface area contributed by atoms with Crippen molar-refractivity contribution in [3.63, 3.8) is 0 Å². The number of hydrogen-bond acceptors (Lipinski definition) is 6. The van der Waals surface area contributed by atoms with Crippen molar-refractivity contribution in [3.8, 4) is 0 Å². The first-order valence-corrected chi connectivity index (χ1v) is 11.3. The Balaban J connectivity index is 1.49. The summed E-state index contributed by atoms with van der Waals surface area (Å²) in [6.07, 6.45) is 3.73. The fourth-order valence-electron chi connectivity index (χ4n) is 4.48. The summed E-state index contributed by atoms with van der Waals surface area (Å²) in [5, 5.41) is 4.89. The van der Waals surface area contributed by atoms with Crippen LogP contribution in [0.2, 0.25) is 0 Å². The Labute approximate surface area is 193 Å². The van der Waals surface area contributed by atoms with Crippen LogP contribution in [0.5, 0.6) is 0 Å². The maximum absolute atomic E-state index is 13.0. The fraction of sp³-hybridized carbons (Fsp3) is 0.542. The lowest BCUT2D eigenvalue weighted by Gasteiger charge is -2.42. The summed E-state index contributed by atoms with van der Waals surface area (Å²) in [5.74, 6) is -2.29. The van der Waals surface area contributed by atoms with Gasteiger partial charge in [0.1, 0.15) is 12.1 Å². The maximum atomic E-state index is 13.0. The molecule has 1 saturated carbocycles. The van der Waals surface area contributed by atoms with Gasteiger partial charge < -0.3 is 10.1 Å². The van der Waals surface area contributed by atoms with E-state index in [2.05, 4.69) is 31.4 Å². The SMILES string of the molecule is CCC(C)(C)C1CCC2(CC1)NC(=O)N(CC(=O)OCC(=O)NC(=O)c1ccccc1)C2=O. The lowest BCUT2D eigenvalue weighted by atomic mass is 9.65. The molecule has 1 saturated heterocycles. The fourth-order valence-corrected chi connectivity index (χ4v) is 4.48. The number of amides is 5. The van der Waals surface area contributed by atoms with Gasteiger partial charge in [-0.2, -0.15) is 0 Å². The van der Waals surface area contributed by atoms with Crippen LogP contribution in [0.1, 0.15) is 63.2 Å². The van der Waals surface area contributed by atoms with Crippen molar-refractivity contribution in [1.82, 2.24) is 15.5 Å². The van der Waals surface area contributed by atoms with Crippen LogP contribution in [0.15, 0.2) is 30.3 Å². The van der Waals surface area contributed by atoms with Gasteiger partial charge in [0.25, 0.3) is 17.7 Å². The van der Waals surface area contributed by atoms with Crippen molar-refractivity contribution in [2.75, 3.05) is 13.2 Å². The number of esters is 1. The standard InChI is InChI=1S/C24H31N3O6/c1-4-23(2,3)17-10-12-24(13-11-17)21(31)27(22(32)26-24)14-19(29)33-15-18(28)25-20(30)16-8-6-5-7-9-16/h5-9,17H,4,10-15H2,1-3H3,(H,26,32)(H,25,28,30). The van der Waals surface area contributed by atoms with Gasteiger partial charge in [0.05, 0.1) is 0 Å². The number of rotatable bonds is 7. The summed E-state index contributed by atoms with van der Waals surface area (Å²) in [4.78, 5) is 62.3. The third-order valence-electron chi connectivity index (χ3n) is 7.04. The van der Waals surface area contributed by atoms with E-state index in [0.29, 0.717) is 24.3 Å². The van der Waals surface area contributed by atoms with Gasteiger partial charge in [-0.15, -0.1) is 0 Å². The number of ether oxygens (including phenoxy) is 1. The summed E-state index contributed by atoms with van der Waals surface area (Å²) >= 11 is 0. The molecular formula is C24H31N3O6. The van der Waals surface area contributed by atoms with Crippen molar-refractivity contribution in [2.45, 2.75) is 58.4 Å². The second kappa shape index (κ2) is 9.72. The van der Waals surface area contributed by atoms with E-state index in [1.165, 1.54) is 0 Å². The molecule has 9 nitrogen and oxygen atoms in total. The highest BCUT2D eigenvalue weighted by molar-refractivity contribution is 6.09. The lowest BCUT2D eigenvalue weighted by Crippen LogP contribution is -2.51. The molecule has 178 valence electrons. The molecule has 1 heterocycles. The Kier molecular flexibility index (Phi) is 7.19. The van der Waals surface area contributed by atoms with E-state index in [1.54, 1.807) is 30.3 Å². The smallest absolute Gasteiger partial charge is 0.326 e. The minimum absolute atomic E-state index is 0.166. The number of nitrogens with zero attached hydrogens (tertiary/aromatic N) is 1. The predicted molar refractivity (Wildman–Crippen MR) is 119 cm³/mol. The molecule has 1 aromatic carbocycles. The largest absolute Gasteiger partial charge is 0.454 e. The average molecular weight is 458 g/mol. The third kappa shape index (κ3) is 5.40. The third-order valence-corrected chi connectivity index (χ3v) is 7.04. The zero-order valence-electron chi connectivity index (χ0n) is 19.3. The molecule has 0 radical (unpaired) electrons. The van der Waals surface area contributed by atoms with Crippen LogP contribution in [0, 0.1) is 11.3 Å². The summed E-state index contributed by atoms with van der Waals surface area (Å²) in [6.45, 7) is 5.31. The van der Waals surface area contributed by atoms with E-state index in [-0.39, 0.29) is 5.41 Å². The molecule has 1 aliphatic carbocycles. The molecule has 0 aromatic heterocycles. The molecule has 1 spiro atoms. The monoisotopic (exact) mass is 457 g/mol. The summed E-state index contributed by atoms with van der Waals surface area (Å²) in [7, 11) is 0. The molecule has 9 heteroatoms. The Hall–Kier alpha value is -3.23. The summed E-state index contributed by atoms with van der Waals surface area (Å²) in [6, 6.07) is 7.49. The molecule has 1 aromatic rings. The summed E-state index contributed by atoms with van der Waals surface area (Å²) in [5.41, 5.74) is -0.519. The first-order chi connectivity index (χ1) is 15.6. The van der Waals surface area contributed by atoms with E-state index < -0.39 is 48.4 Å². The second-order valence-corrected chi connectivity index (χ2v) is 9.42. The number of urea groups is 1. The average Bonchev–Trinajstić information content (AvgIpc) is 3.02. The zero-order chi connectivity index (χ0) is 24.2. The minimum atomic E-state index is -0.975. The van der Waals surface area contributed by atoms with E-state index in [4.69, 9.17) is 4.74 Å². The van der Waals surface area contributed by atoms with Gasteiger partial charge >= 0.3 is 12.0 Å². The molecule has 2 N–H and O–H groups in total. The Bertz CT molecular complexity index is 935. The van der Waals surface area contributed by atoms with Crippen molar-refractivity contribution < 1.29 is 28.7 Å². The highest BCUT2D eigenvalue weighted by Crippen LogP contribution is 2.45. The van der Waals surface area contributed by atoms with Crippen LogP contribution in [0.3, 0.4) is 0 Å². The van der Waals surface area contributed by atoms with Crippen LogP contribution in [-0.2, 0) is 19.1 Å². The zero-order valence-corrected chi connectivity index (χ0v) is 19.3. The summed E-state index contributed by atoms with van der Waals surface area (Å²) < 4.78 is 4.87. The Morgan fingerprint density at radius 3 is 2.39 bits per heavy atom. The molecule has 2 fully saturated rings. The topological polar surface area (TPSA) is 122 Å². The van der Waals surface area contributed by atoms with Crippen molar-refractivity contribution in [3.05, 3.63) is 35.9 Å². The number of carbonyl (C=O) groups is 5. The number of benzene rings is 1. The van der Waals surface area contributed by atoms with Crippen molar-refractivity contribution in [1.29, 1.82) is 0 Å². The van der Waals surface area contributed by atoms with E-state index >= 15 is 0 Å². The molecule has 33 heavy (non-hydrogen) atoms. The highest BCUT2D eigenvalue weighted by Gasteiger charge is 2.53. The molecule has 3 rings (SSSR count). The van der Waals surface area contributed by atoms with Crippen LogP contribution >= 0.6 is 0 Å². The van der Waals surface area contributed by atoms with Gasteiger partial charge in [0.2, 0.25) is 0 Å². The quantitative estimate of drug-likeness (QED) is 0.479. The van der Waals surface area contributed by atoms with E-state index in [0.717, 1.165) is 24.2 Å². The van der Waals surface area contributed by atoms with E-state index in [1.807, 2.05) is 0 Å². The molecule has 5 amide bonds. The Morgan fingerprint density at radius 2 is 1.79 bits per heavy atom. The first-order valence-electron chi connectivity index (χ1n) is 11.3. The molecule has 0 bridgehead atoms. The van der Waals surface area contributed by atoms with Crippen molar-refractivity contribution in [2.24, 2.45) is 11.3 Å². The number of nitrogens with one attached hydrogen (secondary N) is 2. The molecule has 2 aliphatic rings. The van der Waals surface area contributed by atoms with Crippen LogP contribution < -0.4 is 10.6 Å². The van der Waals surface area contributed by atoms with Crippen LogP contribution in [0.25, 0.3) is 0 Å². The highest BCUT2D eigenvalue weighted by atomic mass is 16.5. The van der Waals surface area contributed by atoms with Gasteiger partial charge in [-0.25, -0.2) is 4.79 Å². The van der Waals surface area contributed by atoms with Crippen molar-refractivity contribution >= 4 is 29.7 Å². The molecule has 0 unspecified atom stereocenters. The second-order valence-electron chi connectivity index (χ2n) is 9.42. The minimum Gasteiger partial charge on any atom is -0.454 e. The lowest BCUT2D eigenvalue weighted by molar-refractivity contribution is -0.151. The molecule has 0 atom stereocenters. The first kappa shape index (κ1) is 24.4. The molecular weight excluding hydrogens is 426 g/mol. The Morgan fingerprint density at radius 1 is 1.15 bits per heavy atom. The van der Waals surface area contributed by atoms with Gasteiger partial charge in [-0.1, -0.05) is 45.4 Å². The predicted octanol–water partition coefficient (Wildman–Crippen LogP) is 2.40. The number of carbonyl (C=O) groups excluding carboxylic acids is 5. The van der Waals surface area contributed by atoms with Gasteiger partial charge in [-0.05, 0) is 49.1 Å². The maximum Gasteiger partial charge on any atom is 0.326 e. The van der Waals surface area contributed by atoms with Gasteiger partial charge in [-0.3, -0.25) is 29.4 Å². The van der Waals surface area contributed by atoms with Gasteiger partial charge in [0.15, 0.2) is 6.61 Å². The van der Waals surface area contributed by atoms with Gasteiger partial charge in [0, 0.05) is 5.56 Å². The molecule has 1 aliphatic heterocycles. The van der Waals surface area contributed by atoms with E-state index in [9.17, 15) is 24.0 Å². The number of imide groups is 2. The van der Waals surface area contributed by atoms with Crippen LogP contribution in [0.4, 0.5) is 4.79 Å².